The first-order chi connectivity index (χ1) is 12.7. The van der Waals surface area contributed by atoms with Crippen LogP contribution in [0.1, 0.15) is 48.1 Å². The molecule has 3 rings (SSSR count). The number of amides is 1. The Balaban J connectivity index is 1.77. The number of carbonyl (C=O) groups excluding carboxylic acids is 1. The van der Waals surface area contributed by atoms with Crippen molar-refractivity contribution >= 4 is 15.9 Å². The first-order valence-corrected chi connectivity index (χ1v) is 10.3. The van der Waals surface area contributed by atoms with Gasteiger partial charge in [0.1, 0.15) is 0 Å². The molecule has 27 heavy (non-hydrogen) atoms. The van der Waals surface area contributed by atoms with E-state index in [0.717, 1.165) is 24.2 Å². The Hall–Kier alpha value is -2.23. The molecule has 1 aliphatic rings. The van der Waals surface area contributed by atoms with Gasteiger partial charge in [-0.05, 0) is 32.4 Å². The van der Waals surface area contributed by atoms with Crippen molar-refractivity contribution in [2.75, 3.05) is 6.54 Å². The predicted octanol–water partition coefficient (Wildman–Crippen LogP) is 1.06. The first kappa shape index (κ1) is 19.5. The zero-order valence-electron chi connectivity index (χ0n) is 15.7. The van der Waals surface area contributed by atoms with E-state index in [9.17, 15) is 13.2 Å². The van der Waals surface area contributed by atoms with Crippen molar-refractivity contribution in [2.24, 2.45) is 0 Å². The van der Waals surface area contributed by atoms with Gasteiger partial charge in [-0.3, -0.25) is 9.89 Å². The molecule has 1 amide bonds. The molecular weight excluding hydrogens is 366 g/mol. The summed E-state index contributed by atoms with van der Waals surface area (Å²) >= 11 is 0. The second kappa shape index (κ2) is 7.41. The summed E-state index contributed by atoms with van der Waals surface area (Å²) in [4.78, 5) is 12.7. The van der Waals surface area contributed by atoms with Crippen LogP contribution in [0.15, 0.2) is 29.2 Å². The van der Waals surface area contributed by atoms with Crippen LogP contribution >= 0.6 is 0 Å². The van der Waals surface area contributed by atoms with Crippen LogP contribution in [-0.2, 0) is 29.5 Å². The van der Waals surface area contributed by atoms with Crippen LogP contribution in [0.5, 0.6) is 0 Å². The molecule has 0 saturated carbocycles. The van der Waals surface area contributed by atoms with Gasteiger partial charge >= 0.3 is 0 Å². The normalized spacial score (nSPS) is 14.6. The summed E-state index contributed by atoms with van der Waals surface area (Å²) < 4.78 is 28.0. The third-order valence-corrected chi connectivity index (χ3v) is 6.02. The van der Waals surface area contributed by atoms with Crippen molar-refractivity contribution in [1.82, 2.24) is 25.6 Å². The van der Waals surface area contributed by atoms with E-state index in [4.69, 9.17) is 0 Å². The number of rotatable bonds is 5. The van der Waals surface area contributed by atoms with Gasteiger partial charge in [-0.25, -0.2) is 13.1 Å². The fourth-order valence-electron chi connectivity index (χ4n) is 3.04. The maximum atomic E-state index is 12.7. The molecule has 0 atom stereocenters. The molecule has 9 heteroatoms. The van der Waals surface area contributed by atoms with Gasteiger partial charge in [0, 0.05) is 42.9 Å². The number of carbonyl (C=O) groups is 1. The highest BCUT2D eigenvalue weighted by molar-refractivity contribution is 7.89. The van der Waals surface area contributed by atoms with Crippen molar-refractivity contribution in [3.8, 4) is 0 Å². The summed E-state index contributed by atoms with van der Waals surface area (Å²) in [6.45, 7) is 6.88. The van der Waals surface area contributed by atoms with Crippen LogP contribution in [0, 0.1) is 0 Å². The van der Waals surface area contributed by atoms with E-state index in [1.165, 1.54) is 6.07 Å². The standard InChI is InChI=1S/C18H25N5O3S/c1-18(2,3)23-27(25,26)15-7-5-4-6-12(15)10-20-17(24)16-13-11-19-9-8-14(13)21-22-16/h4-7,19,23H,8-11H2,1-3H3,(H,20,24)(H,21,22). The van der Waals surface area contributed by atoms with E-state index in [2.05, 4.69) is 25.6 Å². The molecule has 0 aliphatic carbocycles. The molecule has 0 radical (unpaired) electrons. The number of benzene rings is 1. The number of sulfonamides is 1. The summed E-state index contributed by atoms with van der Waals surface area (Å²) in [5.41, 5.74) is 2.11. The summed E-state index contributed by atoms with van der Waals surface area (Å²) in [6, 6.07) is 6.64. The second-order valence-electron chi connectivity index (χ2n) is 7.60. The lowest BCUT2D eigenvalue weighted by Gasteiger charge is -2.21. The average molecular weight is 391 g/mol. The number of nitrogens with zero attached hydrogens (tertiary/aromatic N) is 1. The molecule has 2 aromatic rings. The molecule has 0 bridgehead atoms. The van der Waals surface area contributed by atoms with Crippen molar-refractivity contribution in [3.05, 3.63) is 46.8 Å². The molecule has 0 spiro atoms. The van der Waals surface area contributed by atoms with Gasteiger partial charge < -0.3 is 10.6 Å². The van der Waals surface area contributed by atoms with Crippen LogP contribution in [0.3, 0.4) is 0 Å². The SMILES string of the molecule is CC(C)(C)NS(=O)(=O)c1ccccc1CNC(=O)c1n[nH]c2c1CNCC2. The first-order valence-electron chi connectivity index (χ1n) is 8.84. The number of hydrogen-bond donors (Lipinski definition) is 4. The Bertz CT molecular complexity index is 944. The summed E-state index contributed by atoms with van der Waals surface area (Å²) in [5.74, 6) is -0.327. The van der Waals surface area contributed by atoms with E-state index < -0.39 is 15.6 Å². The molecule has 0 saturated heterocycles. The number of fused-ring (bicyclic) bond motifs is 1. The molecular formula is C18H25N5O3S. The minimum absolute atomic E-state index is 0.0924. The summed E-state index contributed by atoms with van der Waals surface area (Å²) in [7, 11) is -3.70. The predicted molar refractivity (Wildman–Crippen MR) is 102 cm³/mol. The Labute approximate surface area is 159 Å². The molecule has 1 aromatic carbocycles. The molecule has 2 heterocycles. The van der Waals surface area contributed by atoms with E-state index in [1.807, 2.05) is 0 Å². The van der Waals surface area contributed by atoms with Gasteiger partial charge in [-0.15, -0.1) is 0 Å². The van der Waals surface area contributed by atoms with Crippen molar-refractivity contribution < 1.29 is 13.2 Å². The molecule has 1 aromatic heterocycles. The zero-order valence-corrected chi connectivity index (χ0v) is 16.5. The zero-order chi connectivity index (χ0) is 19.7. The number of aromatic nitrogens is 2. The van der Waals surface area contributed by atoms with Crippen molar-refractivity contribution in [2.45, 2.75) is 50.7 Å². The topological polar surface area (TPSA) is 116 Å². The molecule has 0 fully saturated rings. The quantitative estimate of drug-likeness (QED) is 0.608. The van der Waals surface area contributed by atoms with Crippen LogP contribution < -0.4 is 15.4 Å². The largest absolute Gasteiger partial charge is 0.347 e. The number of H-pyrrole nitrogens is 1. The smallest absolute Gasteiger partial charge is 0.272 e. The van der Waals surface area contributed by atoms with Crippen molar-refractivity contribution in [1.29, 1.82) is 0 Å². The lowest BCUT2D eigenvalue weighted by molar-refractivity contribution is 0.0944. The highest BCUT2D eigenvalue weighted by Crippen LogP contribution is 2.19. The lowest BCUT2D eigenvalue weighted by atomic mass is 10.1. The third kappa shape index (κ3) is 4.55. The third-order valence-electron chi connectivity index (χ3n) is 4.16. The van der Waals surface area contributed by atoms with E-state index in [0.29, 0.717) is 17.8 Å². The highest BCUT2D eigenvalue weighted by Gasteiger charge is 2.25. The Morgan fingerprint density at radius 2 is 2.00 bits per heavy atom. The van der Waals surface area contributed by atoms with Gasteiger partial charge in [0.2, 0.25) is 10.0 Å². The van der Waals surface area contributed by atoms with Gasteiger partial charge in [0.05, 0.1) is 4.90 Å². The monoisotopic (exact) mass is 391 g/mol. The highest BCUT2D eigenvalue weighted by atomic mass is 32.2. The molecule has 8 nitrogen and oxygen atoms in total. The van der Waals surface area contributed by atoms with Crippen LogP contribution in [0.25, 0.3) is 0 Å². The summed E-state index contributed by atoms with van der Waals surface area (Å²) in [6.07, 6.45) is 0.801. The Morgan fingerprint density at radius 1 is 1.26 bits per heavy atom. The fraction of sp³-hybridized carbons (Fsp3) is 0.444. The fourth-order valence-corrected chi connectivity index (χ4v) is 4.70. The molecule has 4 N–H and O–H groups in total. The minimum Gasteiger partial charge on any atom is -0.347 e. The molecule has 1 aliphatic heterocycles. The molecule has 146 valence electrons. The average Bonchev–Trinajstić information content (AvgIpc) is 3.02. The van der Waals surface area contributed by atoms with Gasteiger partial charge in [-0.2, -0.15) is 5.10 Å². The van der Waals surface area contributed by atoms with Crippen LogP contribution in [0.2, 0.25) is 0 Å². The number of nitrogens with one attached hydrogen (secondary N) is 4. The second-order valence-corrected chi connectivity index (χ2v) is 9.25. The minimum atomic E-state index is -3.70. The van der Waals surface area contributed by atoms with E-state index >= 15 is 0 Å². The van der Waals surface area contributed by atoms with E-state index in [1.54, 1.807) is 39.0 Å². The van der Waals surface area contributed by atoms with Gasteiger partial charge in [-0.1, -0.05) is 18.2 Å². The van der Waals surface area contributed by atoms with E-state index in [-0.39, 0.29) is 17.3 Å². The Kier molecular flexibility index (Phi) is 5.36. The van der Waals surface area contributed by atoms with Crippen LogP contribution in [0.4, 0.5) is 0 Å². The molecule has 0 unspecified atom stereocenters. The number of aromatic amines is 1. The lowest BCUT2D eigenvalue weighted by Crippen LogP contribution is -2.41. The number of hydrogen-bond acceptors (Lipinski definition) is 5. The maximum Gasteiger partial charge on any atom is 0.272 e. The maximum absolute atomic E-state index is 12.7. The van der Waals surface area contributed by atoms with Crippen LogP contribution in [-0.4, -0.2) is 36.6 Å². The summed E-state index contributed by atoms with van der Waals surface area (Å²) in [5, 5.41) is 13.0. The van der Waals surface area contributed by atoms with Gasteiger partial charge in [0.25, 0.3) is 5.91 Å². The van der Waals surface area contributed by atoms with Crippen molar-refractivity contribution in [3.63, 3.8) is 0 Å². The Morgan fingerprint density at radius 3 is 2.74 bits per heavy atom. The van der Waals surface area contributed by atoms with Gasteiger partial charge in [0.15, 0.2) is 5.69 Å².